The van der Waals surface area contributed by atoms with Crippen LogP contribution in [0.3, 0.4) is 0 Å². The molecule has 0 spiro atoms. The first-order valence-corrected chi connectivity index (χ1v) is 6.27. The maximum Gasteiger partial charge on any atom is 0.0900 e. The third-order valence-corrected chi connectivity index (χ3v) is 3.62. The minimum atomic E-state index is 0.760. The third kappa shape index (κ3) is 2.74. The molecule has 0 aliphatic rings. The Bertz CT molecular complexity index is 476. The topological polar surface area (TPSA) is 24.9 Å². The van der Waals surface area contributed by atoms with E-state index in [4.69, 9.17) is 11.6 Å². The number of thiazole rings is 1. The van der Waals surface area contributed by atoms with Gasteiger partial charge in [-0.3, -0.25) is 0 Å². The van der Waals surface area contributed by atoms with E-state index in [1.54, 1.807) is 11.3 Å². The van der Waals surface area contributed by atoms with Crippen molar-refractivity contribution >= 4 is 28.6 Å². The lowest BCUT2D eigenvalue weighted by Gasteiger charge is -2.04. The summed E-state index contributed by atoms with van der Waals surface area (Å²) in [5.74, 6) is 0. The summed E-state index contributed by atoms with van der Waals surface area (Å²) in [7, 11) is 0. The predicted molar refractivity (Wildman–Crippen MR) is 70.4 cm³/mol. The third-order valence-electron chi connectivity index (χ3n) is 2.30. The second-order valence-corrected chi connectivity index (χ2v) is 5.33. The number of anilines is 1. The van der Waals surface area contributed by atoms with E-state index in [1.807, 2.05) is 38.1 Å². The van der Waals surface area contributed by atoms with Gasteiger partial charge in [0.05, 0.1) is 17.2 Å². The molecular formula is C12H13ClN2S. The molecule has 0 saturated carbocycles. The highest BCUT2D eigenvalue weighted by Gasteiger charge is 2.03. The van der Waals surface area contributed by atoms with Crippen LogP contribution in [0.1, 0.15) is 15.6 Å². The van der Waals surface area contributed by atoms with Crippen LogP contribution in [-0.4, -0.2) is 4.98 Å². The summed E-state index contributed by atoms with van der Waals surface area (Å²) in [4.78, 5) is 5.68. The van der Waals surface area contributed by atoms with E-state index in [-0.39, 0.29) is 0 Å². The molecule has 2 rings (SSSR count). The van der Waals surface area contributed by atoms with Gasteiger partial charge in [0.1, 0.15) is 0 Å². The van der Waals surface area contributed by atoms with Gasteiger partial charge < -0.3 is 5.32 Å². The molecule has 0 saturated heterocycles. The summed E-state index contributed by atoms with van der Waals surface area (Å²) >= 11 is 7.56. The number of aryl methyl sites for hydroxylation is 2. The number of hydrogen-bond donors (Lipinski definition) is 1. The molecule has 0 radical (unpaired) electrons. The van der Waals surface area contributed by atoms with Crippen LogP contribution in [0.2, 0.25) is 5.02 Å². The number of aromatic nitrogens is 1. The number of rotatable bonds is 3. The van der Waals surface area contributed by atoms with Crippen molar-refractivity contribution in [2.45, 2.75) is 20.4 Å². The molecule has 0 unspecified atom stereocenters. The van der Waals surface area contributed by atoms with Crippen LogP contribution in [-0.2, 0) is 6.54 Å². The minimum absolute atomic E-state index is 0.760. The molecule has 84 valence electrons. The zero-order chi connectivity index (χ0) is 11.5. The lowest BCUT2D eigenvalue weighted by molar-refractivity contribution is 1.11. The second-order valence-electron chi connectivity index (χ2n) is 3.60. The van der Waals surface area contributed by atoms with Crippen molar-refractivity contribution in [1.82, 2.24) is 4.98 Å². The van der Waals surface area contributed by atoms with Crippen molar-refractivity contribution in [3.05, 3.63) is 44.9 Å². The quantitative estimate of drug-likeness (QED) is 0.892. The summed E-state index contributed by atoms with van der Waals surface area (Å²) in [5.41, 5.74) is 2.19. The Morgan fingerprint density at radius 3 is 2.50 bits per heavy atom. The second kappa shape index (κ2) is 4.85. The summed E-state index contributed by atoms with van der Waals surface area (Å²) < 4.78 is 0. The van der Waals surface area contributed by atoms with Crippen LogP contribution < -0.4 is 5.32 Å². The molecule has 1 N–H and O–H groups in total. The van der Waals surface area contributed by atoms with Crippen molar-refractivity contribution < 1.29 is 0 Å². The Labute approximate surface area is 104 Å². The smallest absolute Gasteiger partial charge is 0.0900 e. The number of nitrogens with zero attached hydrogens (tertiary/aromatic N) is 1. The van der Waals surface area contributed by atoms with Crippen LogP contribution in [0.15, 0.2) is 24.3 Å². The van der Waals surface area contributed by atoms with Gasteiger partial charge in [-0.1, -0.05) is 11.6 Å². The number of benzene rings is 1. The highest BCUT2D eigenvalue weighted by Crippen LogP contribution is 2.19. The zero-order valence-electron chi connectivity index (χ0n) is 9.25. The Balaban J connectivity index is 2.02. The van der Waals surface area contributed by atoms with Crippen LogP contribution >= 0.6 is 22.9 Å². The van der Waals surface area contributed by atoms with E-state index >= 15 is 0 Å². The number of nitrogens with one attached hydrogen (secondary N) is 1. The molecule has 2 nitrogen and oxygen atoms in total. The normalized spacial score (nSPS) is 10.4. The first-order chi connectivity index (χ1) is 7.65. The lowest BCUT2D eigenvalue weighted by atomic mass is 10.3. The highest BCUT2D eigenvalue weighted by molar-refractivity contribution is 7.11. The molecule has 0 aliphatic carbocycles. The van der Waals surface area contributed by atoms with Crippen LogP contribution in [0.5, 0.6) is 0 Å². The average Bonchev–Trinajstić information content (AvgIpc) is 2.57. The minimum Gasteiger partial charge on any atom is -0.380 e. The molecule has 16 heavy (non-hydrogen) atoms. The molecule has 0 amide bonds. The largest absolute Gasteiger partial charge is 0.380 e. The maximum absolute atomic E-state index is 5.82. The van der Waals surface area contributed by atoms with Gasteiger partial charge in [0.15, 0.2) is 0 Å². The van der Waals surface area contributed by atoms with Crippen molar-refractivity contribution in [2.75, 3.05) is 5.32 Å². The monoisotopic (exact) mass is 252 g/mol. The standard InChI is InChI=1S/C12H13ClN2S/c1-8-12(16-9(2)15-8)7-14-11-5-3-10(13)4-6-11/h3-6,14H,7H2,1-2H3. The van der Waals surface area contributed by atoms with E-state index in [9.17, 15) is 0 Å². The van der Waals surface area contributed by atoms with Crippen molar-refractivity contribution in [3.63, 3.8) is 0 Å². The highest BCUT2D eigenvalue weighted by atomic mass is 35.5. The van der Waals surface area contributed by atoms with Gasteiger partial charge in [-0.25, -0.2) is 4.98 Å². The molecule has 1 aromatic heterocycles. The molecule has 2 aromatic rings. The molecule has 0 atom stereocenters. The average molecular weight is 253 g/mol. The van der Waals surface area contributed by atoms with Crippen LogP contribution in [0.25, 0.3) is 0 Å². The van der Waals surface area contributed by atoms with Gasteiger partial charge in [0.2, 0.25) is 0 Å². The van der Waals surface area contributed by atoms with E-state index in [0.717, 1.165) is 28.0 Å². The molecule has 1 heterocycles. The number of hydrogen-bond acceptors (Lipinski definition) is 3. The first kappa shape index (κ1) is 11.4. The summed E-state index contributed by atoms with van der Waals surface area (Å²) in [6, 6.07) is 7.72. The predicted octanol–water partition coefficient (Wildman–Crippen LogP) is 4.03. The Kier molecular flexibility index (Phi) is 3.46. The van der Waals surface area contributed by atoms with E-state index in [2.05, 4.69) is 10.3 Å². The molecule has 0 aliphatic heterocycles. The maximum atomic E-state index is 5.82. The van der Waals surface area contributed by atoms with Crippen LogP contribution in [0.4, 0.5) is 5.69 Å². The van der Waals surface area contributed by atoms with Crippen molar-refractivity contribution in [1.29, 1.82) is 0 Å². The molecular weight excluding hydrogens is 240 g/mol. The van der Waals surface area contributed by atoms with E-state index in [1.165, 1.54) is 4.88 Å². The van der Waals surface area contributed by atoms with Gasteiger partial charge in [-0.15, -0.1) is 11.3 Å². The lowest BCUT2D eigenvalue weighted by Crippen LogP contribution is -1.98. The fourth-order valence-electron chi connectivity index (χ4n) is 1.49. The summed E-state index contributed by atoms with van der Waals surface area (Å²) in [6.07, 6.45) is 0. The molecule has 1 aromatic carbocycles. The first-order valence-electron chi connectivity index (χ1n) is 5.07. The molecule has 0 fully saturated rings. The fourth-order valence-corrected chi connectivity index (χ4v) is 2.49. The number of halogens is 1. The Morgan fingerprint density at radius 1 is 1.25 bits per heavy atom. The summed E-state index contributed by atoms with van der Waals surface area (Å²) in [5, 5.41) is 5.23. The SMILES string of the molecule is Cc1nc(C)c(CNc2ccc(Cl)cc2)s1. The van der Waals surface area contributed by atoms with Crippen LogP contribution in [0, 0.1) is 13.8 Å². The summed E-state index contributed by atoms with van der Waals surface area (Å²) in [6.45, 7) is 4.89. The van der Waals surface area contributed by atoms with Gasteiger partial charge >= 0.3 is 0 Å². The van der Waals surface area contributed by atoms with Gasteiger partial charge in [0, 0.05) is 15.6 Å². The Morgan fingerprint density at radius 2 is 1.94 bits per heavy atom. The van der Waals surface area contributed by atoms with Gasteiger partial charge in [0.25, 0.3) is 0 Å². The van der Waals surface area contributed by atoms with Gasteiger partial charge in [-0.2, -0.15) is 0 Å². The van der Waals surface area contributed by atoms with E-state index < -0.39 is 0 Å². The Hall–Kier alpha value is -1.06. The van der Waals surface area contributed by atoms with Crippen molar-refractivity contribution in [3.8, 4) is 0 Å². The van der Waals surface area contributed by atoms with Gasteiger partial charge in [-0.05, 0) is 38.1 Å². The molecule has 4 heteroatoms. The van der Waals surface area contributed by atoms with E-state index in [0.29, 0.717) is 0 Å². The van der Waals surface area contributed by atoms with Crippen molar-refractivity contribution in [2.24, 2.45) is 0 Å². The molecule has 0 bridgehead atoms. The zero-order valence-corrected chi connectivity index (χ0v) is 10.8. The fraction of sp³-hybridized carbons (Fsp3) is 0.250.